The SMILES string of the molecule is CCCCN1C(=O)[C@@](O)(CC(=O)c2ccc3c(c2)CCCC3)c2cc(Br)ccc21. The summed E-state index contributed by atoms with van der Waals surface area (Å²) >= 11 is 3.44. The summed E-state index contributed by atoms with van der Waals surface area (Å²) in [5, 5.41) is 11.4. The van der Waals surface area contributed by atoms with E-state index in [1.165, 1.54) is 17.5 Å². The highest BCUT2D eigenvalue weighted by atomic mass is 79.9. The molecule has 0 spiro atoms. The molecule has 0 radical (unpaired) electrons. The van der Waals surface area contributed by atoms with Crippen molar-refractivity contribution in [1.29, 1.82) is 0 Å². The number of nitrogens with zero attached hydrogens (tertiary/aromatic N) is 1. The Labute approximate surface area is 180 Å². The maximum atomic E-state index is 13.2. The van der Waals surface area contributed by atoms with Crippen LogP contribution < -0.4 is 4.90 Å². The predicted octanol–water partition coefficient (Wildman–Crippen LogP) is 4.94. The smallest absolute Gasteiger partial charge is 0.264 e. The minimum Gasteiger partial charge on any atom is -0.375 e. The molecule has 1 N–H and O–H groups in total. The van der Waals surface area contributed by atoms with Crippen molar-refractivity contribution in [3.63, 3.8) is 0 Å². The molecule has 4 rings (SSSR count). The van der Waals surface area contributed by atoms with Crippen LogP contribution in [-0.2, 0) is 23.2 Å². The molecule has 0 saturated carbocycles. The summed E-state index contributed by atoms with van der Waals surface area (Å²) in [6, 6.07) is 11.3. The third kappa shape index (κ3) is 3.66. The van der Waals surface area contributed by atoms with Gasteiger partial charge in [0.2, 0.25) is 0 Å². The predicted molar refractivity (Wildman–Crippen MR) is 117 cm³/mol. The van der Waals surface area contributed by atoms with Gasteiger partial charge >= 0.3 is 0 Å². The number of unbranched alkanes of at least 4 members (excludes halogenated alkanes) is 1. The van der Waals surface area contributed by atoms with E-state index >= 15 is 0 Å². The van der Waals surface area contributed by atoms with Crippen LogP contribution in [0.15, 0.2) is 40.9 Å². The number of rotatable bonds is 6. The van der Waals surface area contributed by atoms with E-state index in [1.54, 1.807) is 11.0 Å². The van der Waals surface area contributed by atoms with Crippen molar-refractivity contribution in [1.82, 2.24) is 0 Å². The Kier molecular flexibility index (Phi) is 5.63. The van der Waals surface area contributed by atoms with E-state index in [-0.39, 0.29) is 12.2 Å². The number of aryl methyl sites for hydroxylation is 2. The number of fused-ring (bicyclic) bond motifs is 2. The highest BCUT2D eigenvalue weighted by Crippen LogP contribution is 2.44. The largest absolute Gasteiger partial charge is 0.375 e. The standard InChI is InChI=1S/C24H26BrNO3/c1-2-3-12-26-21-11-10-19(25)14-20(21)24(29,23(26)28)15-22(27)18-9-8-16-6-4-5-7-17(16)13-18/h8-11,13-14,29H,2-7,12,15H2,1H3/t24-/m1/s1. The van der Waals surface area contributed by atoms with E-state index in [0.717, 1.165) is 36.6 Å². The molecule has 29 heavy (non-hydrogen) atoms. The average Bonchev–Trinajstić information content (AvgIpc) is 2.92. The van der Waals surface area contributed by atoms with E-state index in [9.17, 15) is 14.7 Å². The first-order chi connectivity index (χ1) is 13.9. The first-order valence-electron chi connectivity index (χ1n) is 10.4. The normalized spacial score (nSPS) is 20.5. The highest BCUT2D eigenvalue weighted by Gasteiger charge is 2.50. The second-order valence-electron chi connectivity index (χ2n) is 8.12. The van der Waals surface area contributed by atoms with E-state index in [1.807, 2.05) is 30.3 Å². The molecule has 0 aromatic heterocycles. The zero-order chi connectivity index (χ0) is 20.6. The summed E-state index contributed by atoms with van der Waals surface area (Å²) in [6.45, 7) is 2.61. The van der Waals surface area contributed by atoms with Gasteiger partial charge in [0, 0.05) is 22.1 Å². The van der Waals surface area contributed by atoms with Gasteiger partial charge in [-0.15, -0.1) is 0 Å². The number of amides is 1. The fraction of sp³-hybridized carbons (Fsp3) is 0.417. The number of hydrogen-bond acceptors (Lipinski definition) is 3. The molecule has 2 aliphatic rings. The summed E-state index contributed by atoms with van der Waals surface area (Å²) in [5.41, 5.74) is 2.50. The Bertz CT molecular complexity index is 971. The van der Waals surface area contributed by atoms with Gasteiger partial charge in [-0.3, -0.25) is 9.59 Å². The third-order valence-electron chi connectivity index (χ3n) is 6.12. The van der Waals surface area contributed by atoms with Crippen molar-refractivity contribution in [3.8, 4) is 0 Å². The zero-order valence-corrected chi connectivity index (χ0v) is 18.3. The van der Waals surface area contributed by atoms with E-state index < -0.39 is 11.5 Å². The first-order valence-corrected chi connectivity index (χ1v) is 11.2. The number of Topliss-reactive ketones (excluding diaryl/α,β-unsaturated/α-hetero) is 1. The number of anilines is 1. The molecule has 1 atom stereocenters. The minimum absolute atomic E-state index is 0.197. The van der Waals surface area contributed by atoms with Crippen LogP contribution in [0, 0.1) is 0 Å². The van der Waals surface area contributed by atoms with E-state index in [2.05, 4.69) is 22.9 Å². The van der Waals surface area contributed by atoms with Crippen LogP contribution in [-0.4, -0.2) is 23.3 Å². The molecular formula is C24H26BrNO3. The van der Waals surface area contributed by atoms with E-state index in [0.29, 0.717) is 23.4 Å². The lowest BCUT2D eigenvalue weighted by molar-refractivity contribution is -0.135. The van der Waals surface area contributed by atoms with Crippen LogP contribution in [0.4, 0.5) is 5.69 Å². The first kappa shape index (κ1) is 20.3. The monoisotopic (exact) mass is 455 g/mol. The molecule has 5 heteroatoms. The second kappa shape index (κ2) is 8.04. The van der Waals surface area contributed by atoms with Crippen molar-refractivity contribution < 1.29 is 14.7 Å². The number of halogens is 1. The lowest BCUT2D eigenvalue weighted by Crippen LogP contribution is -2.42. The summed E-state index contributed by atoms with van der Waals surface area (Å²) in [5.74, 6) is -0.595. The van der Waals surface area contributed by atoms with Gasteiger partial charge in [0.25, 0.3) is 5.91 Å². The van der Waals surface area contributed by atoms with E-state index in [4.69, 9.17) is 0 Å². The van der Waals surface area contributed by atoms with Crippen LogP contribution in [0.2, 0.25) is 0 Å². The third-order valence-corrected chi connectivity index (χ3v) is 6.61. The van der Waals surface area contributed by atoms with Crippen molar-refractivity contribution in [2.24, 2.45) is 0 Å². The Morgan fingerprint density at radius 3 is 2.66 bits per heavy atom. The van der Waals surface area contributed by atoms with Crippen molar-refractivity contribution >= 4 is 33.3 Å². The number of benzene rings is 2. The fourth-order valence-electron chi connectivity index (χ4n) is 4.47. The number of carbonyl (C=O) groups is 2. The molecule has 152 valence electrons. The number of ketones is 1. The average molecular weight is 456 g/mol. The van der Waals surface area contributed by atoms with Crippen LogP contribution in [0.25, 0.3) is 0 Å². The van der Waals surface area contributed by atoms with Gasteiger partial charge in [0.15, 0.2) is 11.4 Å². The molecule has 1 amide bonds. The summed E-state index contributed by atoms with van der Waals surface area (Å²) in [7, 11) is 0. The van der Waals surface area contributed by atoms with Gasteiger partial charge in [-0.05, 0) is 67.5 Å². The molecule has 2 aromatic carbocycles. The fourth-order valence-corrected chi connectivity index (χ4v) is 4.83. The Morgan fingerprint density at radius 2 is 1.90 bits per heavy atom. The molecule has 1 aliphatic carbocycles. The summed E-state index contributed by atoms with van der Waals surface area (Å²) < 4.78 is 0.779. The van der Waals surface area contributed by atoms with Crippen LogP contribution in [0.1, 0.15) is 66.1 Å². The second-order valence-corrected chi connectivity index (χ2v) is 9.04. The number of hydrogen-bond donors (Lipinski definition) is 1. The van der Waals surface area contributed by atoms with Crippen molar-refractivity contribution in [2.45, 2.75) is 57.5 Å². The summed E-state index contributed by atoms with van der Waals surface area (Å²) in [4.78, 5) is 27.9. The summed E-state index contributed by atoms with van der Waals surface area (Å²) in [6.07, 6.45) is 5.92. The van der Waals surface area contributed by atoms with Gasteiger partial charge in [0.05, 0.1) is 12.1 Å². The molecule has 0 saturated heterocycles. The Balaban J connectivity index is 1.66. The highest BCUT2D eigenvalue weighted by molar-refractivity contribution is 9.10. The maximum Gasteiger partial charge on any atom is 0.264 e. The number of aliphatic hydroxyl groups is 1. The zero-order valence-electron chi connectivity index (χ0n) is 16.7. The Morgan fingerprint density at radius 1 is 1.14 bits per heavy atom. The van der Waals surface area contributed by atoms with Crippen molar-refractivity contribution in [3.05, 3.63) is 63.1 Å². The molecule has 4 nitrogen and oxygen atoms in total. The quantitative estimate of drug-likeness (QED) is 0.627. The molecule has 1 heterocycles. The van der Waals surface area contributed by atoms with Crippen LogP contribution in [0.3, 0.4) is 0 Å². The molecule has 0 bridgehead atoms. The van der Waals surface area contributed by atoms with Crippen molar-refractivity contribution in [2.75, 3.05) is 11.4 Å². The molecule has 2 aromatic rings. The lowest BCUT2D eigenvalue weighted by Gasteiger charge is -2.23. The maximum absolute atomic E-state index is 13.2. The van der Waals surface area contributed by atoms with Crippen LogP contribution >= 0.6 is 15.9 Å². The topological polar surface area (TPSA) is 57.6 Å². The van der Waals surface area contributed by atoms with Gasteiger partial charge in [-0.2, -0.15) is 0 Å². The lowest BCUT2D eigenvalue weighted by atomic mass is 9.85. The van der Waals surface area contributed by atoms with Crippen LogP contribution in [0.5, 0.6) is 0 Å². The Hall–Kier alpha value is -1.98. The molecular weight excluding hydrogens is 430 g/mol. The van der Waals surface area contributed by atoms with Gasteiger partial charge < -0.3 is 10.0 Å². The van der Waals surface area contributed by atoms with Gasteiger partial charge in [-0.25, -0.2) is 0 Å². The number of carbonyl (C=O) groups excluding carboxylic acids is 2. The molecule has 0 fully saturated rings. The molecule has 0 unspecified atom stereocenters. The van der Waals surface area contributed by atoms with Gasteiger partial charge in [-0.1, -0.05) is 41.4 Å². The minimum atomic E-state index is -1.82. The van der Waals surface area contributed by atoms with Gasteiger partial charge in [0.1, 0.15) is 0 Å². The molecule has 1 aliphatic heterocycles.